The van der Waals surface area contributed by atoms with Gasteiger partial charge in [-0.05, 0) is 42.7 Å². The maximum atomic E-state index is 13.0. The van der Waals surface area contributed by atoms with E-state index in [0.717, 1.165) is 16.7 Å². The van der Waals surface area contributed by atoms with E-state index in [-0.39, 0.29) is 17.8 Å². The zero-order chi connectivity index (χ0) is 15.4. The number of hydrogen-bond acceptors (Lipinski definition) is 1. The summed E-state index contributed by atoms with van der Waals surface area (Å²) in [4.78, 5) is 14.1. The van der Waals surface area contributed by atoms with Gasteiger partial charge in [0.1, 0.15) is 5.82 Å². The van der Waals surface area contributed by atoms with Gasteiger partial charge in [0.05, 0.1) is 12.5 Å². The van der Waals surface area contributed by atoms with Crippen molar-refractivity contribution in [1.29, 1.82) is 0 Å². The molecule has 0 fully saturated rings. The van der Waals surface area contributed by atoms with Gasteiger partial charge in [0.15, 0.2) is 0 Å². The van der Waals surface area contributed by atoms with Crippen LogP contribution in [0.4, 0.5) is 4.39 Å². The van der Waals surface area contributed by atoms with Gasteiger partial charge >= 0.3 is 0 Å². The Kier molecular flexibility index (Phi) is 4.73. The molecule has 1 unspecified atom stereocenters. The lowest BCUT2D eigenvalue weighted by atomic mass is 10.0. The molecule has 2 rings (SSSR count). The molecule has 1 amide bonds. The first-order valence-corrected chi connectivity index (χ1v) is 7.04. The van der Waals surface area contributed by atoms with Crippen molar-refractivity contribution in [3.63, 3.8) is 0 Å². The molecule has 0 bridgehead atoms. The largest absolute Gasteiger partial charge is 0.339 e. The second kappa shape index (κ2) is 6.53. The number of benzene rings is 2. The zero-order valence-electron chi connectivity index (χ0n) is 12.6. The third kappa shape index (κ3) is 3.69. The maximum absolute atomic E-state index is 13.0. The summed E-state index contributed by atoms with van der Waals surface area (Å²) in [6.07, 6.45) is 0.384. The van der Waals surface area contributed by atoms with Gasteiger partial charge in [0.25, 0.3) is 0 Å². The van der Waals surface area contributed by atoms with E-state index in [1.165, 1.54) is 12.1 Å². The van der Waals surface area contributed by atoms with E-state index >= 15 is 0 Å². The second-order valence-corrected chi connectivity index (χ2v) is 5.34. The molecule has 3 heteroatoms. The third-order valence-corrected chi connectivity index (χ3v) is 3.93. The van der Waals surface area contributed by atoms with Crippen molar-refractivity contribution in [2.45, 2.75) is 26.3 Å². The molecule has 0 heterocycles. The number of hydrogen-bond donors (Lipinski definition) is 0. The fourth-order valence-electron chi connectivity index (χ4n) is 2.28. The van der Waals surface area contributed by atoms with E-state index in [1.54, 1.807) is 24.1 Å². The van der Waals surface area contributed by atoms with Crippen molar-refractivity contribution in [2.75, 3.05) is 7.05 Å². The van der Waals surface area contributed by atoms with Crippen LogP contribution >= 0.6 is 0 Å². The minimum absolute atomic E-state index is 0.0566. The lowest BCUT2D eigenvalue weighted by molar-refractivity contribution is -0.131. The zero-order valence-corrected chi connectivity index (χ0v) is 12.6. The van der Waals surface area contributed by atoms with E-state index < -0.39 is 0 Å². The molecule has 0 aliphatic carbocycles. The van der Waals surface area contributed by atoms with Gasteiger partial charge in [0, 0.05) is 7.05 Å². The van der Waals surface area contributed by atoms with Crippen LogP contribution < -0.4 is 0 Å². The molecular formula is C18H20FNO. The summed E-state index contributed by atoms with van der Waals surface area (Å²) >= 11 is 0. The van der Waals surface area contributed by atoms with E-state index in [0.29, 0.717) is 6.42 Å². The van der Waals surface area contributed by atoms with Crippen LogP contribution in [0.15, 0.2) is 48.5 Å². The molecule has 2 aromatic carbocycles. The van der Waals surface area contributed by atoms with Gasteiger partial charge in [0.2, 0.25) is 5.91 Å². The highest BCUT2D eigenvalue weighted by Crippen LogP contribution is 2.20. The molecule has 0 saturated heterocycles. The molecular weight excluding hydrogens is 265 g/mol. The highest BCUT2D eigenvalue weighted by atomic mass is 19.1. The number of amides is 1. The molecule has 0 spiro atoms. The molecule has 2 nitrogen and oxygen atoms in total. The average Bonchev–Trinajstić information content (AvgIpc) is 2.49. The highest BCUT2D eigenvalue weighted by molar-refractivity contribution is 5.79. The van der Waals surface area contributed by atoms with E-state index in [1.807, 2.05) is 38.1 Å². The molecule has 0 N–H and O–H groups in total. The van der Waals surface area contributed by atoms with Crippen LogP contribution in [-0.4, -0.2) is 17.9 Å². The first-order chi connectivity index (χ1) is 9.99. The Morgan fingerprint density at radius 1 is 1.14 bits per heavy atom. The third-order valence-electron chi connectivity index (χ3n) is 3.93. The molecule has 1 atom stereocenters. The summed E-state index contributed by atoms with van der Waals surface area (Å²) in [6.45, 7) is 3.95. The quantitative estimate of drug-likeness (QED) is 0.834. The molecule has 0 aliphatic rings. The van der Waals surface area contributed by atoms with Crippen LogP contribution in [-0.2, 0) is 11.2 Å². The van der Waals surface area contributed by atoms with Crippen molar-refractivity contribution in [3.8, 4) is 0 Å². The predicted octanol–water partition coefficient (Wildman–Crippen LogP) is 3.90. The van der Waals surface area contributed by atoms with Crippen molar-refractivity contribution in [3.05, 3.63) is 71.0 Å². The normalized spacial score (nSPS) is 12.0. The Hall–Kier alpha value is -2.16. The van der Waals surface area contributed by atoms with Gasteiger partial charge in [-0.25, -0.2) is 4.39 Å². The van der Waals surface area contributed by atoms with Crippen LogP contribution in [0.3, 0.4) is 0 Å². The number of aryl methyl sites for hydroxylation is 1. The van der Waals surface area contributed by atoms with Crippen molar-refractivity contribution in [1.82, 2.24) is 4.90 Å². The number of carbonyl (C=O) groups excluding carboxylic acids is 1. The summed E-state index contributed by atoms with van der Waals surface area (Å²) in [5, 5.41) is 0. The van der Waals surface area contributed by atoms with E-state index in [9.17, 15) is 9.18 Å². The lowest BCUT2D eigenvalue weighted by Crippen LogP contribution is -2.31. The van der Waals surface area contributed by atoms with E-state index in [4.69, 9.17) is 0 Å². The van der Waals surface area contributed by atoms with Crippen LogP contribution in [0, 0.1) is 12.7 Å². The topological polar surface area (TPSA) is 20.3 Å². The van der Waals surface area contributed by atoms with Crippen molar-refractivity contribution < 1.29 is 9.18 Å². The van der Waals surface area contributed by atoms with Crippen LogP contribution in [0.5, 0.6) is 0 Å². The first kappa shape index (κ1) is 15.2. The molecule has 21 heavy (non-hydrogen) atoms. The smallest absolute Gasteiger partial charge is 0.227 e. The maximum Gasteiger partial charge on any atom is 0.227 e. The van der Waals surface area contributed by atoms with Gasteiger partial charge in [-0.2, -0.15) is 0 Å². The average molecular weight is 285 g/mol. The molecule has 0 radical (unpaired) electrons. The van der Waals surface area contributed by atoms with Gasteiger partial charge in [-0.1, -0.05) is 36.4 Å². The highest BCUT2D eigenvalue weighted by Gasteiger charge is 2.18. The summed E-state index contributed by atoms with van der Waals surface area (Å²) < 4.78 is 13.0. The number of halogens is 1. The molecule has 2 aromatic rings. The summed E-state index contributed by atoms with van der Waals surface area (Å²) in [7, 11) is 1.79. The summed E-state index contributed by atoms with van der Waals surface area (Å²) in [5.74, 6) is -0.207. The Bertz CT molecular complexity index is 621. The van der Waals surface area contributed by atoms with Crippen molar-refractivity contribution in [2.24, 2.45) is 0 Å². The van der Waals surface area contributed by atoms with Crippen LogP contribution in [0.1, 0.15) is 29.7 Å². The Morgan fingerprint density at radius 3 is 2.38 bits per heavy atom. The summed E-state index contributed by atoms with van der Waals surface area (Å²) in [5.41, 5.74) is 3.09. The fraction of sp³-hybridized carbons (Fsp3) is 0.278. The fourth-order valence-corrected chi connectivity index (χ4v) is 2.28. The first-order valence-electron chi connectivity index (χ1n) is 7.04. The van der Waals surface area contributed by atoms with Gasteiger partial charge in [-0.3, -0.25) is 4.79 Å². The number of likely N-dealkylation sites (N-methyl/N-ethyl adjacent to an activating group) is 1. The Labute approximate surface area is 125 Å². The minimum Gasteiger partial charge on any atom is -0.339 e. The van der Waals surface area contributed by atoms with Gasteiger partial charge in [-0.15, -0.1) is 0 Å². The molecule has 110 valence electrons. The molecule has 0 aromatic heterocycles. The Morgan fingerprint density at radius 2 is 1.76 bits per heavy atom. The Balaban J connectivity index is 2.08. The second-order valence-electron chi connectivity index (χ2n) is 5.34. The number of carbonyl (C=O) groups is 1. The van der Waals surface area contributed by atoms with E-state index in [2.05, 4.69) is 0 Å². The number of nitrogens with zero attached hydrogens (tertiary/aromatic N) is 1. The lowest BCUT2D eigenvalue weighted by Gasteiger charge is -2.25. The van der Waals surface area contributed by atoms with Gasteiger partial charge < -0.3 is 4.90 Å². The minimum atomic E-state index is -0.264. The predicted molar refractivity (Wildman–Crippen MR) is 82.5 cm³/mol. The van der Waals surface area contributed by atoms with Crippen molar-refractivity contribution >= 4 is 5.91 Å². The molecule has 0 saturated carbocycles. The van der Waals surface area contributed by atoms with Crippen LogP contribution in [0.2, 0.25) is 0 Å². The SMILES string of the molecule is Cc1ccccc1CC(=O)N(C)C(C)c1ccc(F)cc1. The van der Waals surface area contributed by atoms with Crippen LogP contribution in [0.25, 0.3) is 0 Å². The standard InChI is InChI=1S/C18H20FNO/c1-13-6-4-5-7-16(13)12-18(21)20(3)14(2)15-8-10-17(19)11-9-15/h4-11,14H,12H2,1-3H3. The monoisotopic (exact) mass is 285 g/mol. The summed E-state index contributed by atoms with van der Waals surface area (Å²) in [6, 6.07) is 14.1. The number of rotatable bonds is 4. The molecule has 0 aliphatic heterocycles.